The highest BCUT2D eigenvalue weighted by molar-refractivity contribution is 5.93. The van der Waals surface area contributed by atoms with Gasteiger partial charge in [-0.2, -0.15) is 0 Å². The third kappa shape index (κ3) is 4.50. The lowest BCUT2D eigenvalue weighted by molar-refractivity contribution is -0.131. The van der Waals surface area contributed by atoms with Crippen LogP contribution in [0.25, 0.3) is 21.9 Å². The minimum Gasteiger partial charge on any atom is -0.493 e. The van der Waals surface area contributed by atoms with Crippen LogP contribution >= 0.6 is 0 Å². The number of imidazole rings is 1. The van der Waals surface area contributed by atoms with E-state index in [1.54, 1.807) is 13.2 Å². The number of hydrogen-bond donors (Lipinski definition) is 1. The summed E-state index contributed by atoms with van der Waals surface area (Å²) >= 11 is 0. The molecular formula is C27H25N5O4. The lowest BCUT2D eigenvalue weighted by atomic mass is 10.1. The Balaban J connectivity index is 1.44. The molecule has 5 aromatic rings. The number of hydrogen-bond acceptors (Lipinski definition) is 8. The zero-order valence-electron chi connectivity index (χ0n) is 20.4. The van der Waals surface area contributed by atoms with Crippen LogP contribution in [-0.2, 0) is 18.4 Å². The van der Waals surface area contributed by atoms with Gasteiger partial charge in [-0.1, -0.05) is 18.2 Å². The van der Waals surface area contributed by atoms with Crippen molar-refractivity contribution in [3.05, 3.63) is 72.3 Å². The standard InChI is InChI=1S/C27H25N5O4/c1-16-9-10-18(11-23(16)36-17(2)33)30-27-19-12-24(34-4)25(13-21(19)28-15-29-27)35-14-26-31-20-7-5-6-8-22(20)32(26)3/h5-13,15H,14H2,1-4H3,(H,28,29,30). The van der Waals surface area contributed by atoms with E-state index in [1.165, 1.54) is 13.3 Å². The fourth-order valence-electron chi connectivity index (χ4n) is 3.98. The largest absolute Gasteiger partial charge is 0.493 e. The van der Waals surface area contributed by atoms with Gasteiger partial charge < -0.3 is 24.1 Å². The molecule has 5 rings (SSSR count). The van der Waals surface area contributed by atoms with E-state index in [-0.39, 0.29) is 12.6 Å². The normalized spacial score (nSPS) is 11.0. The highest BCUT2D eigenvalue weighted by Crippen LogP contribution is 2.35. The number of methoxy groups -OCH3 is 1. The number of ether oxygens (including phenoxy) is 3. The molecule has 0 fully saturated rings. The topological polar surface area (TPSA) is 100 Å². The number of carbonyl (C=O) groups excluding carboxylic acids is 1. The van der Waals surface area contributed by atoms with Gasteiger partial charge in [0.25, 0.3) is 0 Å². The highest BCUT2D eigenvalue weighted by atomic mass is 16.5. The molecule has 9 heteroatoms. The van der Waals surface area contributed by atoms with E-state index in [4.69, 9.17) is 14.2 Å². The van der Waals surface area contributed by atoms with Crippen molar-refractivity contribution in [3.63, 3.8) is 0 Å². The zero-order valence-corrected chi connectivity index (χ0v) is 20.4. The van der Waals surface area contributed by atoms with Crippen molar-refractivity contribution in [2.45, 2.75) is 20.5 Å². The molecule has 0 bridgehead atoms. The zero-order chi connectivity index (χ0) is 25.2. The summed E-state index contributed by atoms with van der Waals surface area (Å²) in [6.45, 7) is 3.52. The van der Waals surface area contributed by atoms with Gasteiger partial charge in [0, 0.05) is 37.2 Å². The Hall–Kier alpha value is -4.66. The maximum atomic E-state index is 11.4. The predicted octanol–water partition coefficient (Wildman–Crippen LogP) is 5.08. The van der Waals surface area contributed by atoms with E-state index in [0.29, 0.717) is 28.6 Å². The van der Waals surface area contributed by atoms with Gasteiger partial charge in [-0.15, -0.1) is 0 Å². The Kier molecular flexibility index (Phi) is 6.12. The van der Waals surface area contributed by atoms with Crippen LogP contribution < -0.4 is 19.5 Å². The lowest BCUT2D eigenvalue weighted by Crippen LogP contribution is -2.05. The Bertz CT molecular complexity index is 1590. The molecule has 0 saturated carbocycles. The number of nitrogens with one attached hydrogen (secondary N) is 1. The van der Waals surface area contributed by atoms with Crippen LogP contribution in [0.4, 0.5) is 11.5 Å². The number of fused-ring (bicyclic) bond motifs is 2. The summed E-state index contributed by atoms with van der Waals surface area (Å²) in [5.74, 6) is 2.58. The van der Waals surface area contributed by atoms with E-state index < -0.39 is 0 Å². The number of benzene rings is 3. The van der Waals surface area contributed by atoms with Gasteiger partial charge in [-0.05, 0) is 36.8 Å². The summed E-state index contributed by atoms with van der Waals surface area (Å²) < 4.78 is 19.1. The first-order valence-electron chi connectivity index (χ1n) is 11.3. The fraction of sp³-hybridized carbons (Fsp3) is 0.185. The van der Waals surface area contributed by atoms with Crippen molar-refractivity contribution >= 4 is 39.4 Å². The summed E-state index contributed by atoms with van der Waals surface area (Å²) in [5.41, 5.74) is 4.21. The maximum Gasteiger partial charge on any atom is 0.308 e. The van der Waals surface area contributed by atoms with Crippen molar-refractivity contribution in [2.24, 2.45) is 7.05 Å². The number of anilines is 2. The minimum atomic E-state index is -0.376. The summed E-state index contributed by atoms with van der Waals surface area (Å²) in [5, 5.41) is 4.04. The monoisotopic (exact) mass is 483 g/mol. The number of nitrogens with zero attached hydrogens (tertiary/aromatic N) is 4. The Morgan fingerprint density at radius 2 is 1.83 bits per heavy atom. The molecule has 2 heterocycles. The van der Waals surface area contributed by atoms with E-state index in [1.807, 2.05) is 67.1 Å². The van der Waals surface area contributed by atoms with Gasteiger partial charge in [0.05, 0.1) is 23.7 Å². The molecule has 36 heavy (non-hydrogen) atoms. The Morgan fingerprint density at radius 1 is 1.00 bits per heavy atom. The summed E-state index contributed by atoms with van der Waals surface area (Å²) in [6, 6.07) is 17.1. The van der Waals surface area contributed by atoms with E-state index in [9.17, 15) is 4.79 Å². The lowest BCUT2D eigenvalue weighted by Gasteiger charge is -2.14. The number of carbonyl (C=O) groups is 1. The molecule has 1 N–H and O–H groups in total. The average molecular weight is 484 g/mol. The van der Waals surface area contributed by atoms with Crippen LogP contribution in [0.5, 0.6) is 17.2 Å². The van der Waals surface area contributed by atoms with Crippen molar-refractivity contribution in [3.8, 4) is 17.2 Å². The minimum absolute atomic E-state index is 0.269. The molecule has 9 nitrogen and oxygen atoms in total. The molecule has 0 aliphatic carbocycles. The molecule has 0 aliphatic heterocycles. The van der Waals surface area contributed by atoms with Crippen molar-refractivity contribution in [1.29, 1.82) is 0 Å². The van der Waals surface area contributed by atoms with Crippen LogP contribution in [0.2, 0.25) is 0 Å². The molecule has 0 aliphatic rings. The molecule has 0 radical (unpaired) electrons. The number of rotatable bonds is 7. The van der Waals surface area contributed by atoms with Crippen LogP contribution in [0.3, 0.4) is 0 Å². The molecule has 0 atom stereocenters. The van der Waals surface area contributed by atoms with E-state index in [2.05, 4.69) is 20.3 Å². The van der Waals surface area contributed by atoms with Crippen LogP contribution in [0, 0.1) is 6.92 Å². The van der Waals surface area contributed by atoms with Gasteiger partial charge in [0.2, 0.25) is 0 Å². The fourth-order valence-corrected chi connectivity index (χ4v) is 3.98. The van der Waals surface area contributed by atoms with Gasteiger partial charge in [-0.25, -0.2) is 15.0 Å². The SMILES string of the molecule is COc1cc2c(Nc3ccc(C)c(OC(C)=O)c3)ncnc2cc1OCc1nc2ccccc2n1C. The van der Waals surface area contributed by atoms with Crippen LogP contribution in [0.1, 0.15) is 18.3 Å². The predicted molar refractivity (Wildman–Crippen MR) is 137 cm³/mol. The quantitative estimate of drug-likeness (QED) is 0.253. The third-order valence-electron chi connectivity index (χ3n) is 5.86. The first kappa shape index (κ1) is 23.1. The number of aryl methyl sites for hydroxylation is 2. The van der Waals surface area contributed by atoms with Crippen LogP contribution in [0.15, 0.2) is 60.9 Å². The van der Waals surface area contributed by atoms with Gasteiger partial charge in [0.1, 0.15) is 30.3 Å². The van der Waals surface area contributed by atoms with E-state index in [0.717, 1.165) is 33.5 Å². The Morgan fingerprint density at radius 3 is 2.61 bits per heavy atom. The Labute approximate surface area is 207 Å². The molecule has 0 amide bonds. The summed E-state index contributed by atoms with van der Waals surface area (Å²) in [7, 11) is 3.56. The summed E-state index contributed by atoms with van der Waals surface area (Å²) in [6.07, 6.45) is 1.48. The van der Waals surface area contributed by atoms with Gasteiger partial charge >= 0.3 is 5.97 Å². The molecule has 0 saturated heterocycles. The highest BCUT2D eigenvalue weighted by Gasteiger charge is 2.15. The second-order valence-electron chi connectivity index (χ2n) is 8.31. The van der Waals surface area contributed by atoms with Gasteiger partial charge in [-0.3, -0.25) is 4.79 Å². The maximum absolute atomic E-state index is 11.4. The first-order valence-corrected chi connectivity index (χ1v) is 11.3. The smallest absolute Gasteiger partial charge is 0.308 e. The third-order valence-corrected chi connectivity index (χ3v) is 5.86. The second-order valence-corrected chi connectivity index (χ2v) is 8.31. The molecule has 0 spiro atoms. The first-order chi connectivity index (χ1) is 17.4. The molecule has 182 valence electrons. The van der Waals surface area contributed by atoms with Gasteiger partial charge in [0.15, 0.2) is 11.5 Å². The van der Waals surface area contributed by atoms with E-state index >= 15 is 0 Å². The van der Waals surface area contributed by atoms with Crippen molar-refractivity contribution in [1.82, 2.24) is 19.5 Å². The van der Waals surface area contributed by atoms with Crippen molar-refractivity contribution in [2.75, 3.05) is 12.4 Å². The number of para-hydroxylation sites is 2. The van der Waals surface area contributed by atoms with Crippen LogP contribution in [-0.4, -0.2) is 32.6 Å². The average Bonchev–Trinajstić information content (AvgIpc) is 3.19. The number of aromatic nitrogens is 4. The summed E-state index contributed by atoms with van der Waals surface area (Å²) in [4.78, 5) is 24.9. The molecule has 3 aromatic carbocycles. The molecule has 0 unspecified atom stereocenters. The molecule has 2 aromatic heterocycles. The van der Waals surface area contributed by atoms with Crippen molar-refractivity contribution < 1.29 is 19.0 Å². The second kappa shape index (κ2) is 9.53. The number of esters is 1. The molecular weight excluding hydrogens is 458 g/mol.